The average molecular weight is 220 g/mol. The van der Waals surface area contributed by atoms with Crippen LogP contribution >= 0.6 is 0 Å². The second-order valence-electron chi connectivity index (χ2n) is 3.85. The summed E-state index contributed by atoms with van der Waals surface area (Å²) in [5.74, 6) is -0.362. The zero-order valence-corrected chi connectivity index (χ0v) is 9.11. The van der Waals surface area contributed by atoms with Gasteiger partial charge in [-0.1, -0.05) is 0 Å². The minimum atomic E-state index is -0.231. The Bertz CT molecular complexity index is 442. The molecule has 4 heteroatoms. The molecular formula is C12H13FN2O. The van der Waals surface area contributed by atoms with E-state index in [0.717, 1.165) is 5.69 Å². The van der Waals surface area contributed by atoms with Gasteiger partial charge in [-0.25, -0.2) is 4.39 Å². The van der Waals surface area contributed by atoms with Gasteiger partial charge in [0.25, 0.3) is 5.91 Å². The molecule has 3 nitrogen and oxygen atoms in total. The fourth-order valence-electron chi connectivity index (χ4n) is 1.74. The largest absolute Gasteiger partial charge is 0.332 e. The molecule has 0 aliphatic carbocycles. The van der Waals surface area contributed by atoms with E-state index in [4.69, 9.17) is 0 Å². The molecule has 0 radical (unpaired) electrons. The predicted octanol–water partition coefficient (Wildman–Crippen LogP) is 2.09. The van der Waals surface area contributed by atoms with Crippen molar-refractivity contribution in [3.63, 3.8) is 0 Å². The summed E-state index contributed by atoms with van der Waals surface area (Å²) in [7, 11) is 0. The zero-order chi connectivity index (χ0) is 11.5. The molecule has 1 amide bonds. The van der Waals surface area contributed by atoms with E-state index < -0.39 is 0 Å². The lowest BCUT2D eigenvalue weighted by atomic mass is 10.1. The molecule has 0 unspecified atom stereocenters. The number of pyridine rings is 1. The number of halogens is 1. The van der Waals surface area contributed by atoms with Gasteiger partial charge in [-0.15, -0.1) is 0 Å². The summed E-state index contributed by atoms with van der Waals surface area (Å²) in [5.41, 5.74) is 1.36. The molecule has 1 aliphatic heterocycles. The summed E-state index contributed by atoms with van der Waals surface area (Å²) in [6, 6.07) is 3.38. The lowest BCUT2D eigenvalue weighted by Crippen LogP contribution is -2.35. The van der Waals surface area contributed by atoms with E-state index in [1.165, 1.54) is 11.0 Å². The van der Waals surface area contributed by atoms with Crippen LogP contribution in [0.4, 0.5) is 4.39 Å². The Morgan fingerprint density at radius 1 is 1.56 bits per heavy atom. The molecule has 1 aliphatic rings. The molecule has 0 aromatic carbocycles. The monoisotopic (exact) mass is 220 g/mol. The highest BCUT2D eigenvalue weighted by Crippen LogP contribution is 2.14. The number of nitrogens with zero attached hydrogens (tertiary/aromatic N) is 2. The first-order valence-electron chi connectivity index (χ1n) is 5.23. The Hall–Kier alpha value is -1.71. The fraction of sp³-hybridized carbons (Fsp3) is 0.333. The van der Waals surface area contributed by atoms with E-state index in [0.29, 0.717) is 18.5 Å². The maximum absolute atomic E-state index is 13.0. The quantitative estimate of drug-likeness (QED) is 0.726. The number of aryl methyl sites for hydroxylation is 1. The Morgan fingerprint density at radius 3 is 3.06 bits per heavy atom. The van der Waals surface area contributed by atoms with Crippen LogP contribution in [0.5, 0.6) is 0 Å². The predicted molar refractivity (Wildman–Crippen MR) is 58.7 cm³/mol. The van der Waals surface area contributed by atoms with Gasteiger partial charge in [-0.2, -0.15) is 0 Å². The van der Waals surface area contributed by atoms with Gasteiger partial charge in [0, 0.05) is 24.0 Å². The van der Waals surface area contributed by atoms with E-state index in [-0.39, 0.29) is 18.3 Å². The van der Waals surface area contributed by atoms with Crippen LogP contribution in [0, 0.1) is 6.92 Å². The van der Waals surface area contributed by atoms with Crippen LogP contribution in [0.3, 0.4) is 0 Å². The summed E-state index contributed by atoms with van der Waals surface area (Å²) < 4.78 is 13.0. The van der Waals surface area contributed by atoms with Crippen molar-refractivity contribution in [2.75, 3.05) is 13.1 Å². The Kier molecular flexibility index (Phi) is 2.99. The molecule has 84 valence electrons. The molecule has 0 saturated heterocycles. The van der Waals surface area contributed by atoms with Crippen molar-refractivity contribution in [2.45, 2.75) is 13.3 Å². The van der Waals surface area contributed by atoms with Crippen molar-refractivity contribution in [1.82, 2.24) is 9.88 Å². The highest BCUT2D eigenvalue weighted by Gasteiger charge is 2.19. The molecule has 1 aromatic heterocycles. The highest BCUT2D eigenvalue weighted by molar-refractivity contribution is 5.94. The summed E-state index contributed by atoms with van der Waals surface area (Å²) in [4.78, 5) is 17.5. The smallest absolute Gasteiger partial charge is 0.254 e. The second kappa shape index (κ2) is 4.43. The Balaban J connectivity index is 2.16. The first-order valence-corrected chi connectivity index (χ1v) is 5.23. The van der Waals surface area contributed by atoms with Crippen LogP contribution in [0.2, 0.25) is 0 Å². The van der Waals surface area contributed by atoms with Gasteiger partial charge in [0.2, 0.25) is 0 Å². The first-order chi connectivity index (χ1) is 7.66. The van der Waals surface area contributed by atoms with E-state index in [1.807, 2.05) is 6.92 Å². The number of hydrogen-bond acceptors (Lipinski definition) is 2. The van der Waals surface area contributed by atoms with Gasteiger partial charge in [0.1, 0.15) is 5.83 Å². The maximum atomic E-state index is 13.0. The molecule has 0 saturated carbocycles. The van der Waals surface area contributed by atoms with Crippen LogP contribution in [0.25, 0.3) is 0 Å². The van der Waals surface area contributed by atoms with E-state index in [2.05, 4.69) is 4.98 Å². The average Bonchev–Trinajstić information content (AvgIpc) is 2.28. The molecule has 0 fully saturated rings. The topological polar surface area (TPSA) is 33.2 Å². The SMILES string of the molecule is Cc1cc(C(=O)N2CCC=C(F)C2)ccn1. The number of amides is 1. The highest BCUT2D eigenvalue weighted by atomic mass is 19.1. The third kappa shape index (κ3) is 2.27. The number of carbonyl (C=O) groups is 1. The van der Waals surface area contributed by atoms with Gasteiger partial charge < -0.3 is 4.90 Å². The number of aromatic nitrogens is 1. The summed E-state index contributed by atoms with van der Waals surface area (Å²) >= 11 is 0. The Labute approximate surface area is 93.6 Å². The molecule has 0 spiro atoms. The van der Waals surface area contributed by atoms with Gasteiger partial charge in [0.15, 0.2) is 0 Å². The van der Waals surface area contributed by atoms with Gasteiger partial charge >= 0.3 is 0 Å². The van der Waals surface area contributed by atoms with Crippen molar-refractivity contribution in [3.8, 4) is 0 Å². The van der Waals surface area contributed by atoms with Crippen LogP contribution < -0.4 is 0 Å². The third-order valence-electron chi connectivity index (χ3n) is 2.54. The normalized spacial score (nSPS) is 15.9. The molecule has 1 aromatic rings. The summed E-state index contributed by atoms with van der Waals surface area (Å²) in [5, 5.41) is 0. The molecular weight excluding hydrogens is 207 g/mol. The number of carbonyl (C=O) groups excluding carboxylic acids is 1. The lowest BCUT2D eigenvalue weighted by molar-refractivity contribution is 0.0755. The van der Waals surface area contributed by atoms with E-state index in [1.54, 1.807) is 18.3 Å². The van der Waals surface area contributed by atoms with Crippen LogP contribution in [-0.2, 0) is 0 Å². The second-order valence-corrected chi connectivity index (χ2v) is 3.85. The fourth-order valence-corrected chi connectivity index (χ4v) is 1.74. The molecule has 16 heavy (non-hydrogen) atoms. The van der Waals surface area contributed by atoms with Crippen molar-refractivity contribution in [3.05, 3.63) is 41.5 Å². The van der Waals surface area contributed by atoms with Crippen molar-refractivity contribution in [1.29, 1.82) is 0 Å². The summed E-state index contributed by atoms with van der Waals surface area (Å²) in [6.07, 6.45) is 3.71. The molecule has 2 heterocycles. The van der Waals surface area contributed by atoms with E-state index in [9.17, 15) is 9.18 Å². The maximum Gasteiger partial charge on any atom is 0.254 e. The summed E-state index contributed by atoms with van der Waals surface area (Å²) in [6.45, 7) is 2.49. The van der Waals surface area contributed by atoms with Gasteiger partial charge in [0.05, 0.1) is 6.54 Å². The van der Waals surface area contributed by atoms with Gasteiger partial charge in [-0.3, -0.25) is 9.78 Å². The minimum absolute atomic E-state index is 0.0835. The van der Waals surface area contributed by atoms with Crippen molar-refractivity contribution in [2.24, 2.45) is 0 Å². The van der Waals surface area contributed by atoms with Gasteiger partial charge in [-0.05, 0) is 31.6 Å². The third-order valence-corrected chi connectivity index (χ3v) is 2.54. The number of hydrogen-bond donors (Lipinski definition) is 0. The van der Waals surface area contributed by atoms with Crippen molar-refractivity contribution < 1.29 is 9.18 Å². The minimum Gasteiger partial charge on any atom is -0.332 e. The first kappa shape index (κ1) is 10.8. The molecule has 0 atom stereocenters. The Morgan fingerprint density at radius 2 is 2.38 bits per heavy atom. The van der Waals surface area contributed by atoms with Crippen LogP contribution in [0.1, 0.15) is 22.5 Å². The van der Waals surface area contributed by atoms with E-state index >= 15 is 0 Å². The zero-order valence-electron chi connectivity index (χ0n) is 9.11. The molecule has 0 bridgehead atoms. The number of rotatable bonds is 1. The van der Waals surface area contributed by atoms with Crippen molar-refractivity contribution >= 4 is 5.91 Å². The standard InChI is InChI=1S/C12H13FN2O/c1-9-7-10(4-5-14-9)12(16)15-6-2-3-11(13)8-15/h3-5,7H,2,6,8H2,1H3. The van der Waals surface area contributed by atoms with Crippen LogP contribution in [0.15, 0.2) is 30.2 Å². The molecule has 2 rings (SSSR count). The van der Waals surface area contributed by atoms with Crippen LogP contribution in [-0.4, -0.2) is 28.9 Å². The molecule has 0 N–H and O–H groups in total. The lowest BCUT2D eigenvalue weighted by Gasteiger charge is -2.24.